The molecule has 0 aromatic heterocycles. The van der Waals surface area contributed by atoms with Crippen molar-refractivity contribution in [3.63, 3.8) is 0 Å². The molecule has 1 saturated carbocycles. The Morgan fingerprint density at radius 2 is 1.92 bits per heavy atom. The number of carbonyl (C=O) groups is 1. The smallest absolute Gasteiger partial charge is 0.269 e. The van der Waals surface area contributed by atoms with Gasteiger partial charge in [0.25, 0.3) is 5.91 Å². The van der Waals surface area contributed by atoms with Crippen molar-refractivity contribution in [2.45, 2.75) is 45.8 Å². The fraction of sp³-hybridized carbons (Fsp3) is 0.556. The highest BCUT2D eigenvalue weighted by Crippen LogP contribution is 2.29. The predicted octanol–water partition coefficient (Wildman–Crippen LogP) is 2.77. The van der Waals surface area contributed by atoms with Gasteiger partial charge in [-0.25, -0.2) is 0 Å². The number of methoxy groups -OCH3 is 1. The molecule has 1 aliphatic rings. The second-order valence-corrected chi connectivity index (χ2v) is 6.96. The van der Waals surface area contributed by atoms with E-state index in [9.17, 15) is 4.79 Å². The molecule has 0 radical (unpaired) electrons. The minimum atomic E-state index is -0.215. The van der Waals surface area contributed by atoms with Gasteiger partial charge in [-0.2, -0.15) is 0 Å². The molecule has 24 heavy (non-hydrogen) atoms. The third-order valence-corrected chi connectivity index (χ3v) is 5.06. The Morgan fingerprint density at radius 3 is 2.58 bits per heavy atom. The van der Waals surface area contributed by atoms with Crippen molar-refractivity contribution in [2.24, 2.45) is 11.8 Å². The van der Waals surface area contributed by atoms with Gasteiger partial charge in [0, 0.05) is 18.7 Å². The van der Waals surface area contributed by atoms with Crippen LogP contribution in [0.15, 0.2) is 24.3 Å². The average molecular weight is 350 g/mol. The highest BCUT2D eigenvalue weighted by Gasteiger charge is 2.27. The summed E-state index contributed by atoms with van der Waals surface area (Å²) in [7, 11) is 1.65. The summed E-state index contributed by atoms with van der Waals surface area (Å²) in [5.74, 6) is 1.05. The van der Waals surface area contributed by atoms with Crippen LogP contribution >= 0.6 is 12.2 Å². The lowest BCUT2D eigenvalue weighted by molar-refractivity contribution is 0.0943. The van der Waals surface area contributed by atoms with E-state index in [1.54, 1.807) is 19.2 Å². The van der Waals surface area contributed by atoms with E-state index >= 15 is 0 Å². The first-order valence-electron chi connectivity index (χ1n) is 8.46. The molecule has 0 bridgehead atoms. The molecule has 0 saturated heterocycles. The second-order valence-electron chi connectivity index (χ2n) is 6.56. The number of benzene rings is 1. The zero-order valence-electron chi connectivity index (χ0n) is 14.6. The van der Waals surface area contributed by atoms with Crippen molar-refractivity contribution >= 4 is 23.2 Å². The van der Waals surface area contributed by atoms with E-state index < -0.39 is 0 Å². The molecule has 1 fully saturated rings. The van der Waals surface area contributed by atoms with Crippen molar-refractivity contribution in [3.05, 3.63) is 35.4 Å². The first-order valence-corrected chi connectivity index (χ1v) is 8.86. The van der Waals surface area contributed by atoms with Crippen LogP contribution in [0.1, 0.15) is 49.0 Å². The summed E-state index contributed by atoms with van der Waals surface area (Å²) in [6.07, 6.45) is 3.60. The van der Waals surface area contributed by atoms with Crippen LogP contribution in [0.5, 0.6) is 0 Å². The molecule has 3 N–H and O–H groups in total. The molecule has 2 rings (SSSR count). The Morgan fingerprint density at radius 1 is 1.21 bits per heavy atom. The summed E-state index contributed by atoms with van der Waals surface area (Å²) >= 11 is 5.30. The van der Waals surface area contributed by atoms with Gasteiger partial charge in [-0.3, -0.25) is 15.6 Å². The average Bonchev–Trinajstić information content (AvgIpc) is 2.58. The van der Waals surface area contributed by atoms with E-state index in [-0.39, 0.29) is 5.91 Å². The molecule has 6 heteroatoms. The molecule has 0 spiro atoms. The largest absolute Gasteiger partial charge is 0.380 e. The molecule has 1 amide bonds. The third-order valence-electron chi connectivity index (χ3n) is 4.84. The summed E-state index contributed by atoms with van der Waals surface area (Å²) < 4.78 is 5.06. The Bertz CT molecular complexity index is 562. The van der Waals surface area contributed by atoms with E-state index in [2.05, 4.69) is 30.0 Å². The maximum absolute atomic E-state index is 12.1. The Kier molecular flexibility index (Phi) is 6.99. The summed E-state index contributed by atoms with van der Waals surface area (Å²) in [6.45, 7) is 5.07. The zero-order valence-corrected chi connectivity index (χ0v) is 15.4. The van der Waals surface area contributed by atoms with Crippen molar-refractivity contribution in [1.82, 2.24) is 16.2 Å². The molecule has 1 aromatic rings. The van der Waals surface area contributed by atoms with Crippen molar-refractivity contribution < 1.29 is 9.53 Å². The fourth-order valence-corrected chi connectivity index (χ4v) is 3.30. The van der Waals surface area contributed by atoms with Crippen molar-refractivity contribution in [2.75, 3.05) is 7.11 Å². The standard InChI is InChI=1S/C18H27N3O2S/c1-12-5-4-6-16(13(12)2)19-18(24)21-20-17(22)15-9-7-14(8-10-15)11-23-3/h7-10,12-13,16H,4-6,11H2,1-3H3,(H,20,22)(H2,19,21,24)/t12-,13-,16-/m1/s1. The Hall–Kier alpha value is -1.66. The molecule has 1 aliphatic carbocycles. The summed E-state index contributed by atoms with van der Waals surface area (Å²) in [4.78, 5) is 12.1. The number of rotatable bonds is 4. The SMILES string of the molecule is COCc1ccc(C(=O)NNC(=S)N[C@@H]2CCC[C@@H](C)[C@H]2C)cc1. The molecule has 132 valence electrons. The highest BCUT2D eigenvalue weighted by molar-refractivity contribution is 7.80. The summed E-state index contributed by atoms with van der Waals surface area (Å²) in [5.41, 5.74) is 7.04. The topological polar surface area (TPSA) is 62.4 Å². The highest BCUT2D eigenvalue weighted by atomic mass is 32.1. The van der Waals surface area contributed by atoms with Crippen LogP contribution in [-0.4, -0.2) is 24.2 Å². The van der Waals surface area contributed by atoms with Crippen LogP contribution in [0.4, 0.5) is 0 Å². The van der Waals surface area contributed by atoms with Crippen LogP contribution in [0.3, 0.4) is 0 Å². The minimum Gasteiger partial charge on any atom is -0.380 e. The van der Waals surface area contributed by atoms with Crippen molar-refractivity contribution in [1.29, 1.82) is 0 Å². The molecule has 0 aliphatic heterocycles. The van der Waals surface area contributed by atoms with Crippen LogP contribution in [0, 0.1) is 11.8 Å². The van der Waals surface area contributed by atoms with Crippen LogP contribution in [0.2, 0.25) is 0 Å². The number of ether oxygens (including phenoxy) is 1. The molecular weight excluding hydrogens is 322 g/mol. The molecule has 0 unspecified atom stereocenters. The number of hydrogen-bond donors (Lipinski definition) is 3. The number of amides is 1. The lowest BCUT2D eigenvalue weighted by Crippen LogP contribution is -2.52. The van der Waals surface area contributed by atoms with Gasteiger partial charge in [0.1, 0.15) is 0 Å². The number of nitrogens with one attached hydrogen (secondary N) is 3. The predicted molar refractivity (Wildman–Crippen MR) is 99.5 cm³/mol. The first-order chi connectivity index (χ1) is 11.5. The third kappa shape index (κ3) is 5.18. The van der Waals surface area contributed by atoms with Gasteiger partial charge in [0.05, 0.1) is 6.61 Å². The zero-order chi connectivity index (χ0) is 17.5. The number of hydrazine groups is 1. The number of thiocarbonyl (C=S) groups is 1. The van der Waals surface area contributed by atoms with E-state index in [0.29, 0.717) is 35.2 Å². The van der Waals surface area contributed by atoms with Gasteiger partial charge >= 0.3 is 0 Å². The quantitative estimate of drug-likeness (QED) is 0.576. The number of carbonyl (C=O) groups excluding carboxylic acids is 1. The van der Waals surface area contributed by atoms with Gasteiger partial charge in [-0.05, 0) is 48.2 Å². The maximum Gasteiger partial charge on any atom is 0.269 e. The second kappa shape index (κ2) is 8.99. The first kappa shape index (κ1) is 18.7. The maximum atomic E-state index is 12.1. The van der Waals surface area contributed by atoms with Gasteiger partial charge in [-0.15, -0.1) is 0 Å². The monoisotopic (exact) mass is 349 g/mol. The van der Waals surface area contributed by atoms with Crippen LogP contribution in [0.25, 0.3) is 0 Å². The summed E-state index contributed by atoms with van der Waals surface area (Å²) in [6, 6.07) is 7.65. The number of hydrogen-bond acceptors (Lipinski definition) is 3. The fourth-order valence-electron chi connectivity index (χ4n) is 3.09. The lowest BCUT2D eigenvalue weighted by atomic mass is 9.78. The normalized spacial score (nSPS) is 23.4. The van der Waals surface area contributed by atoms with Crippen molar-refractivity contribution in [3.8, 4) is 0 Å². The van der Waals surface area contributed by atoms with E-state index in [0.717, 1.165) is 12.0 Å². The van der Waals surface area contributed by atoms with E-state index in [4.69, 9.17) is 17.0 Å². The molecular formula is C18H27N3O2S. The van der Waals surface area contributed by atoms with Gasteiger partial charge in [-0.1, -0.05) is 38.8 Å². The summed E-state index contributed by atoms with van der Waals surface area (Å²) in [5, 5.41) is 3.78. The van der Waals surface area contributed by atoms with Crippen LogP contribution in [-0.2, 0) is 11.3 Å². The van der Waals surface area contributed by atoms with E-state index in [1.165, 1.54) is 12.8 Å². The van der Waals surface area contributed by atoms with Gasteiger partial charge < -0.3 is 10.1 Å². The Labute approximate surface area is 149 Å². The van der Waals surface area contributed by atoms with Crippen LogP contribution < -0.4 is 16.2 Å². The molecule has 5 nitrogen and oxygen atoms in total. The van der Waals surface area contributed by atoms with Gasteiger partial charge in [0.15, 0.2) is 5.11 Å². The minimum absolute atomic E-state index is 0.215. The van der Waals surface area contributed by atoms with E-state index in [1.807, 2.05) is 12.1 Å². The molecule has 3 atom stereocenters. The molecule has 1 aromatic carbocycles. The van der Waals surface area contributed by atoms with Gasteiger partial charge in [0.2, 0.25) is 0 Å². The molecule has 0 heterocycles. The lowest BCUT2D eigenvalue weighted by Gasteiger charge is -2.35. The Balaban J connectivity index is 1.79.